The minimum absolute atomic E-state index is 0.0310. The van der Waals surface area contributed by atoms with Crippen molar-refractivity contribution >= 4 is 5.91 Å². The molecule has 0 saturated carbocycles. The molecule has 3 N–H and O–H groups in total. The van der Waals surface area contributed by atoms with Gasteiger partial charge in [0.05, 0.1) is 32.0 Å². The molecule has 1 unspecified atom stereocenters. The smallest absolute Gasteiger partial charge is 0.237 e. The van der Waals surface area contributed by atoms with Gasteiger partial charge in [0.25, 0.3) is 0 Å². The van der Waals surface area contributed by atoms with Gasteiger partial charge in [-0.3, -0.25) is 4.79 Å². The first kappa shape index (κ1) is 12.4. The van der Waals surface area contributed by atoms with Crippen LogP contribution in [-0.4, -0.2) is 44.4 Å². The first-order valence-corrected chi connectivity index (χ1v) is 5.46. The summed E-state index contributed by atoms with van der Waals surface area (Å²) in [6, 6.07) is -0.403. The van der Waals surface area contributed by atoms with E-state index in [9.17, 15) is 4.79 Å². The lowest BCUT2D eigenvalue weighted by molar-refractivity contribution is -0.125. The lowest BCUT2D eigenvalue weighted by Gasteiger charge is -2.23. The molecule has 1 amide bonds. The number of rotatable bonds is 5. The molecule has 0 aliphatic carbocycles. The molecule has 0 bridgehead atoms. The summed E-state index contributed by atoms with van der Waals surface area (Å²) in [5, 5.41) is 2.77. The first-order valence-electron chi connectivity index (χ1n) is 5.46. The molecule has 0 aromatic carbocycles. The Morgan fingerprint density at radius 2 is 2.40 bits per heavy atom. The van der Waals surface area contributed by atoms with Crippen molar-refractivity contribution in [1.29, 1.82) is 0 Å². The van der Waals surface area contributed by atoms with Crippen LogP contribution in [0.3, 0.4) is 0 Å². The molecule has 1 fully saturated rings. The van der Waals surface area contributed by atoms with Crippen LogP contribution in [0.2, 0.25) is 0 Å². The van der Waals surface area contributed by atoms with Crippen molar-refractivity contribution < 1.29 is 14.3 Å². The van der Waals surface area contributed by atoms with E-state index in [0.29, 0.717) is 32.8 Å². The zero-order chi connectivity index (χ0) is 11.1. The lowest BCUT2D eigenvalue weighted by Crippen LogP contribution is -2.46. The fourth-order valence-electron chi connectivity index (χ4n) is 1.44. The first-order chi connectivity index (χ1) is 7.24. The highest BCUT2D eigenvalue weighted by Gasteiger charge is 2.17. The van der Waals surface area contributed by atoms with Crippen molar-refractivity contribution in [2.45, 2.75) is 31.9 Å². The molecule has 0 aromatic rings. The van der Waals surface area contributed by atoms with Gasteiger partial charge in [0.15, 0.2) is 0 Å². The van der Waals surface area contributed by atoms with E-state index in [1.54, 1.807) is 0 Å². The molecule has 88 valence electrons. The summed E-state index contributed by atoms with van der Waals surface area (Å²) in [4.78, 5) is 11.4. The van der Waals surface area contributed by atoms with E-state index in [1.165, 1.54) is 0 Å². The SMILES string of the molecule is CCC[C@@H](N)C(=O)NCC1COCCO1. The minimum atomic E-state index is -0.403. The van der Waals surface area contributed by atoms with Gasteiger partial charge in [-0.25, -0.2) is 0 Å². The summed E-state index contributed by atoms with van der Waals surface area (Å²) in [5.41, 5.74) is 5.66. The van der Waals surface area contributed by atoms with Crippen molar-refractivity contribution in [3.8, 4) is 0 Å². The molecule has 0 aromatic heterocycles. The molecular formula is C10H20N2O3. The maximum absolute atomic E-state index is 11.4. The number of hydrogen-bond donors (Lipinski definition) is 2. The van der Waals surface area contributed by atoms with Crippen LogP contribution in [0.1, 0.15) is 19.8 Å². The summed E-state index contributed by atoms with van der Waals surface area (Å²) >= 11 is 0. The van der Waals surface area contributed by atoms with Gasteiger partial charge in [-0.1, -0.05) is 13.3 Å². The molecule has 0 radical (unpaired) electrons. The summed E-state index contributed by atoms with van der Waals surface area (Å²) in [6.07, 6.45) is 1.60. The molecule has 1 rings (SSSR count). The number of nitrogens with one attached hydrogen (secondary N) is 1. The monoisotopic (exact) mass is 216 g/mol. The third kappa shape index (κ3) is 4.59. The maximum Gasteiger partial charge on any atom is 0.237 e. The minimum Gasteiger partial charge on any atom is -0.376 e. The van der Waals surface area contributed by atoms with Gasteiger partial charge in [-0.2, -0.15) is 0 Å². The molecule has 2 atom stereocenters. The van der Waals surface area contributed by atoms with Crippen LogP contribution in [0.25, 0.3) is 0 Å². The Morgan fingerprint density at radius 3 is 3.00 bits per heavy atom. The fraction of sp³-hybridized carbons (Fsp3) is 0.900. The molecule has 0 spiro atoms. The van der Waals surface area contributed by atoms with E-state index >= 15 is 0 Å². The van der Waals surface area contributed by atoms with Crippen LogP contribution >= 0.6 is 0 Å². The van der Waals surface area contributed by atoms with E-state index in [1.807, 2.05) is 6.92 Å². The second kappa shape index (κ2) is 6.76. The summed E-state index contributed by atoms with van der Waals surface area (Å²) < 4.78 is 10.6. The molecule has 1 aliphatic heterocycles. The van der Waals surface area contributed by atoms with Crippen LogP contribution in [0.15, 0.2) is 0 Å². The molecule has 15 heavy (non-hydrogen) atoms. The van der Waals surface area contributed by atoms with E-state index in [2.05, 4.69) is 5.32 Å². The molecule has 1 saturated heterocycles. The van der Waals surface area contributed by atoms with E-state index in [0.717, 1.165) is 6.42 Å². The van der Waals surface area contributed by atoms with Gasteiger partial charge < -0.3 is 20.5 Å². The predicted octanol–water partition coefficient (Wildman–Crippen LogP) is -0.355. The Balaban J connectivity index is 2.14. The Kier molecular flexibility index (Phi) is 5.60. The fourth-order valence-corrected chi connectivity index (χ4v) is 1.44. The van der Waals surface area contributed by atoms with Gasteiger partial charge in [0.2, 0.25) is 5.91 Å². The van der Waals surface area contributed by atoms with Gasteiger partial charge in [-0.15, -0.1) is 0 Å². The van der Waals surface area contributed by atoms with Crippen LogP contribution in [0.5, 0.6) is 0 Å². The highest BCUT2D eigenvalue weighted by Crippen LogP contribution is 1.99. The average Bonchev–Trinajstić information content (AvgIpc) is 2.27. The standard InChI is InChI=1S/C10H20N2O3/c1-2-3-9(11)10(13)12-6-8-7-14-4-5-15-8/h8-9H,2-7,11H2,1H3,(H,12,13)/t8?,9-/m1/s1. The Hall–Kier alpha value is -0.650. The van der Waals surface area contributed by atoms with Gasteiger partial charge in [0.1, 0.15) is 0 Å². The zero-order valence-electron chi connectivity index (χ0n) is 9.20. The van der Waals surface area contributed by atoms with Gasteiger partial charge in [0, 0.05) is 6.54 Å². The van der Waals surface area contributed by atoms with Gasteiger partial charge >= 0.3 is 0 Å². The predicted molar refractivity (Wildman–Crippen MR) is 56.5 cm³/mol. The van der Waals surface area contributed by atoms with Gasteiger partial charge in [-0.05, 0) is 6.42 Å². The number of nitrogens with two attached hydrogens (primary N) is 1. The van der Waals surface area contributed by atoms with Crippen molar-refractivity contribution in [3.05, 3.63) is 0 Å². The second-order valence-corrected chi connectivity index (χ2v) is 3.71. The van der Waals surface area contributed by atoms with Crippen molar-refractivity contribution in [1.82, 2.24) is 5.32 Å². The molecular weight excluding hydrogens is 196 g/mol. The number of amides is 1. The van der Waals surface area contributed by atoms with Crippen molar-refractivity contribution in [2.75, 3.05) is 26.4 Å². The zero-order valence-corrected chi connectivity index (χ0v) is 9.20. The third-order valence-corrected chi connectivity index (χ3v) is 2.33. The maximum atomic E-state index is 11.4. The summed E-state index contributed by atoms with van der Waals surface area (Å²) in [6.45, 7) is 4.27. The number of hydrogen-bond acceptors (Lipinski definition) is 4. The second-order valence-electron chi connectivity index (χ2n) is 3.71. The van der Waals surface area contributed by atoms with Crippen LogP contribution in [-0.2, 0) is 14.3 Å². The lowest BCUT2D eigenvalue weighted by atomic mass is 10.1. The molecule has 1 aliphatic rings. The Morgan fingerprint density at radius 1 is 1.60 bits per heavy atom. The number of carbonyl (C=O) groups is 1. The number of ether oxygens (including phenoxy) is 2. The largest absolute Gasteiger partial charge is 0.376 e. The summed E-state index contributed by atoms with van der Waals surface area (Å²) in [7, 11) is 0. The Labute approximate surface area is 90.3 Å². The highest BCUT2D eigenvalue weighted by molar-refractivity contribution is 5.81. The highest BCUT2D eigenvalue weighted by atomic mass is 16.6. The van der Waals surface area contributed by atoms with Crippen LogP contribution < -0.4 is 11.1 Å². The molecule has 5 heteroatoms. The average molecular weight is 216 g/mol. The topological polar surface area (TPSA) is 73.6 Å². The van der Waals surface area contributed by atoms with E-state index in [-0.39, 0.29) is 12.0 Å². The Bertz CT molecular complexity index is 193. The van der Waals surface area contributed by atoms with Crippen molar-refractivity contribution in [3.63, 3.8) is 0 Å². The third-order valence-electron chi connectivity index (χ3n) is 2.33. The van der Waals surface area contributed by atoms with E-state index < -0.39 is 6.04 Å². The quantitative estimate of drug-likeness (QED) is 0.658. The number of carbonyl (C=O) groups excluding carboxylic acids is 1. The van der Waals surface area contributed by atoms with Crippen LogP contribution in [0.4, 0.5) is 0 Å². The summed E-state index contributed by atoms with van der Waals surface area (Å²) in [5.74, 6) is -0.106. The van der Waals surface area contributed by atoms with Crippen molar-refractivity contribution in [2.24, 2.45) is 5.73 Å². The normalized spacial score (nSPS) is 23.5. The van der Waals surface area contributed by atoms with Crippen LogP contribution in [0, 0.1) is 0 Å². The molecule has 5 nitrogen and oxygen atoms in total. The molecule has 1 heterocycles. The van der Waals surface area contributed by atoms with E-state index in [4.69, 9.17) is 15.2 Å².